The molecule has 3 rings (SSSR count). The molecule has 23 heavy (non-hydrogen) atoms. The lowest BCUT2D eigenvalue weighted by molar-refractivity contribution is -0.137. The van der Waals surface area contributed by atoms with Gasteiger partial charge >= 0.3 is 6.18 Å². The van der Waals surface area contributed by atoms with E-state index in [9.17, 15) is 13.2 Å². The van der Waals surface area contributed by atoms with Crippen LogP contribution in [0, 0.1) is 0 Å². The molecule has 2 aromatic carbocycles. The number of imidazole rings is 1. The Kier molecular flexibility index (Phi) is 3.67. The first kappa shape index (κ1) is 14.9. The topological polar surface area (TPSA) is 66.6 Å². The average Bonchev–Trinajstić information content (AvgIpc) is 2.90. The fraction of sp³-hybridized carbons (Fsp3) is 0.133. The second-order valence-electron chi connectivity index (χ2n) is 4.79. The predicted molar refractivity (Wildman–Crippen MR) is 78.9 cm³/mol. The summed E-state index contributed by atoms with van der Waals surface area (Å²) in [6.45, 7) is -0.0541. The van der Waals surface area contributed by atoms with Crippen LogP contribution in [-0.2, 0) is 12.7 Å². The first-order chi connectivity index (χ1) is 11.0. The molecule has 0 bridgehead atoms. The second-order valence-corrected chi connectivity index (χ2v) is 4.79. The largest absolute Gasteiger partial charge is 0.416 e. The minimum Gasteiger partial charge on any atom is -0.296 e. The second kappa shape index (κ2) is 5.66. The van der Waals surface area contributed by atoms with Gasteiger partial charge in [-0.05, 0) is 35.9 Å². The molecule has 3 aromatic rings. The molecular weight excluding hydrogens is 307 g/mol. The van der Waals surface area contributed by atoms with Gasteiger partial charge < -0.3 is 0 Å². The maximum Gasteiger partial charge on any atom is 0.416 e. The standard InChI is InChI=1S/C15H10F3N5/c16-15(17,18)10-4-3-5-11(8-10)23-13-7-2-1-6-12(13)21-14(23)9-20-22-19/h1-8H,9H2. The van der Waals surface area contributed by atoms with E-state index in [4.69, 9.17) is 5.53 Å². The Morgan fingerprint density at radius 3 is 2.65 bits per heavy atom. The number of halogens is 3. The molecular formula is C15H10F3N5. The monoisotopic (exact) mass is 317 g/mol. The Morgan fingerprint density at radius 1 is 1.13 bits per heavy atom. The lowest BCUT2D eigenvalue weighted by Crippen LogP contribution is -2.07. The molecule has 8 heteroatoms. The number of benzene rings is 2. The van der Waals surface area contributed by atoms with E-state index in [1.54, 1.807) is 34.9 Å². The summed E-state index contributed by atoms with van der Waals surface area (Å²) in [5, 5.41) is 3.47. The minimum atomic E-state index is -4.43. The van der Waals surface area contributed by atoms with Crippen LogP contribution >= 0.6 is 0 Å². The van der Waals surface area contributed by atoms with Gasteiger partial charge in [-0.2, -0.15) is 13.2 Å². The van der Waals surface area contributed by atoms with E-state index in [0.29, 0.717) is 22.5 Å². The summed E-state index contributed by atoms with van der Waals surface area (Å²) in [6.07, 6.45) is -4.43. The molecule has 0 saturated heterocycles. The first-order valence-electron chi connectivity index (χ1n) is 6.65. The van der Waals surface area contributed by atoms with Crippen LogP contribution in [0.2, 0.25) is 0 Å². The van der Waals surface area contributed by atoms with Crippen molar-refractivity contribution >= 4 is 11.0 Å². The van der Waals surface area contributed by atoms with Crippen molar-refractivity contribution in [1.82, 2.24) is 9.55 Å². The van der Waals surface area contributed by atoms with Crippen LogP contribution in [-0.4, -0.2) is 9.55 Å². The van der Waals surface area contributed by atoms with E-state index in [0.717, 1.165) is 12.1 Å². The van der Waals surface area contributed by atoms with Crippen molar-refractivity contribution in [2.24, 2.45) is 5.11 Å². The highest BCUT2D eigenvalue weighted by Gasteiger charge is 2.30. The van der Waals surface area contributed by atoms with Gasteiger partial charge in [-0.25, -0.2) is 4.98 Å². The average molecular weight is 317 g/mol. The molecule has 5 nitrogen and oxygen atoms in total. The zero-order chi connectivity index (χ0) is 16.4. The summed E-state index contributed by atoms with van der Waals surface area (Å²) < 4.78 is 40.4. The van der Waals surface area contributed by atoms with E-state index >= 15 is 0 Å². The van der Waals surface area contributed by atoms with Gasteiger partial charge in [-0.15, -0.1) is 0 Å². The molecule has 0 N–H and O–H groups in total. The molecule has 116 valence electrons. The molecule has 0 aliphatic rings. The summed E-state index contributed by atoms with van der Waals surface area (Å²) in [6, 6.07) is 12.0. The Bertz CT molecular complexity index is 907. The highest BCUT2D eigenvalue weighted by molar-refractivity contribution is 5.78. The Hall–Kier alpha value is -2.99. The van der Waals surface area contributed by atoms with Crippen LogP contribution in [0.25, 0.3) is 27.2 Å². The Labute approximate surface area is 128 Å². The van der Waals surface area contributed by atoms with Gasteiger partial charge in [0.25, 0.3) is 0 Å². The number of para-hydroxylation sites is 2. The van der Waals surface area contributed by atoms with Crippen molar-refractivity contribution in [3.8, 4) is 5.69 Å². The number of hydrogen-bond acceptors (Lipinski definition) is 2. The fourth-order valence-corrected chi connectivity index (χ4v) is 2.39. The van der Waals surface area contributed by atoms with E-state index < -0.39 is 11.7 Å². The van der Waals surface area contributed by atoms with Crippen LogP contribution in [0.5, 0.6) is 0 Å². The number of azide groups is 1. The molecule has 0 unspecified atom stereocenters. The summed E-state index contributed by atoms with van der Waals surface area (Å²) in [5.74, 6) is 0.378. The van der Waals surface area contributed by atoms with Gasteiger partial charge in [0.1, 0.15) is 5.82 Å². The SMILES string of the molecule is [N-]=[N+]=NCc1nc2ccccc2n1-c1cccc(C(F)(F)F)c1. The van der Waals surface area contributed by atoms with Crippen molar-refractivity contribution in [1.29, 1.82) is 0 Å². The van der Waals surface area contributed by atoms with E-state index in [-0.39, 0.29) is 6.54 Å². The number of hydrogen-bond donors (Lipinski definition) is 0. The van der Waals surface area contributed by atoms with Crippen LogP contribution in [0.3, 0.4) is 0 Å². The zero-order valence-electron chi connectivity index (χ0n) is 11.7. The summed E-state index contributed by atoms with van der Waals surface area (Å²) in [4.78, 5) is 7.02. The molecule has 1 aromatic heterocycles. The molecule has 0 spiro atoms. The highest BCUT2D eigenvalue weighted by atomic mass is 19.4. The van der Waals surface area contributed by atoms with Crippen molar-refractivity contribution in [3.05, 3.63) is 70.4 Å². The predicted octanol–water partition coefficient (Wildman–Crippen LogP) is 4.85. The summed E-state index contributed by atoms with van der Waals surface area (Å²) in [5.41, 5.74) is 9.32. The molecule has 0 aliphatic heterocycles. The van der Waals surface area contributed by atoms with Crippen molar-refractivity contribution in [3.63, 3.8) is 0 Å². The number of rotatable bonds is 3. The van der Waals surface area contributed by atoms with Crippen LogP contribution in [0.4, 0.5) is 13.2 Å². The normalized spacial score (nSPS) is 11.4. The van der Waals surface area contributed by atoms with Crippen LogP contribution in [0.1, 0.15) is 11.4 Å². The molecule has 0 amide bonds. The Morgan fingerprint density at radius 2 is 1.91 bits per heavy atom. The fourth-order valence-electron chi connectivity index (χ4n) is 2.39. The quantitative estimate of drug-likeness (QED) is 0.386. The molecule has 1 heterocycles. The van der Waals surface area contributed by atoms with Crippen molar-refractivity contribution in [2.75, 3.05) is 0 Å². The Balaban J connectivity index is 2.24. The molecule has 0 radical (unpaired) electrons. The number of alkyl halides is 3. The molecule has 0 saturated carbocycles. The zero-order valence-corrected chi connectivity index (χ0v) is 11.7. The lowest BCUT2D eigenvalue weighted by Gasteiger charge is -2.12. The van der Waals surface area contributed by atoms with E-state index in [1.165, 1.54) is 6.07 Å². The van der Waals surface area contributed by atoms with Gasteiger partial charge in [-0.1, -0.05) is 23.3 Å². The smallest absolute Gasteiger partial charge is 0.296 e. The van der Waals surface area contributed by atoms with Crippen molar-refractivity contribution in [2.45, 2.75) is 12.7 Å². The van der Waals surface area contributed by atoms with Crippen LogP contribution < -0.4 is 0 Å². The third-order valence-electron chi connectivity index (χ3n) is 3.34. The third-order valence-corrected chi connectivity index (χ3v) is 3.34. The summed E-state index contributed by atoms with van der Waals surface area (Å²) in [7, 11) is 0. The number of aromatic nitrogens is 2. The van der Waals surface area contributed by atoms with Gasteiger partial charge in [-0.3, -0.25) is 4.57 Å². The molecule has 0 fully saturated rings. The van der Waals surface area contributed by atoms with Crippen LogP contribution in [0.15, 0.2) is 53.6 Å². The van der Waals surface area contributed by atoms with Crippen molar-refractivity contribution < 1.29 is 13.2 Å². The van der Waals surface area contributed by atoms with E-state index in [2.05, 4.69) is 15.0 Å². The van der Waals surface area contributed by atoms with E-state index in [1.807, 2.05) is 0 Å². The van der Waals surface area contributed by atoms with Gasteiger partial charge in [0.2, 0.25) is 0 Å². The lowest BCUT2D eigenvalue weighted by atomic mass is 10.2. The number of nitrogens with zero attached hydrogens (tertiary/aromatic N) is 5. The molecule has 0 atom stereocenters. The highest BCUT2D eigenvalue weighted by Crippen LogP contribution is 2.31. The third kappa shape index (κ3) is 2.84. The molecule has 0 aliphatic carbocycles. The maximum absolute atomic E-state index is 12.9. The van der Waals surface area contributed by atoms with Gasteiger partial charge in [0, 0.05) is 10.6 Å². The minimum absolute atomic E-state index is 0.0541. The van der Waals surface area contributed by atoms with Gasteiger partial charge in [0.05, 0.1) is 23.1 Å². The van der Waals surface area contributed by atoms with Gasteiger partial charge in [0.15, 0.2) is 0 Å². The number of fused-ring (bicyclic) bond motifs is 1. The summed E-state index contributed by atoms with van der Waals surface area (Å²) >= 11 is 0. The maximum atomic E-state index is 12.9. The first-order valence-corrected chi connectivity index (χ1v) is 6.65.